The van der Waals surface area contributed by atoms with Gasteiger partial charge >= 0.3 is 0 Å². The lowest BCUT2D eigenvalue weighted by molar-refractivity contribution is 0.0897. The Labute approximate surface area is 160 Å². The predicted molar refractivity (Wildman–Crippen MR) is 97.7 cm³/mol. The zero-order valence-corrected chi connectivity index (χ0v) is 15.4. The first kappa shape index (κ1) is 17.7. The van der Waals surface area contributed by atoms with Gasteiger partial charge in [-0.25, -0.2) is 13.8 Å². The van der Waals surface area contributed by atoms with E-state index in [-0.39, 0.29) is 17.8 Å². The summed E-state index contributed by atoms with van der Waals surface area (Å²) in [5.74, 6) is 1.31. The molecule has 5 rings (SSSR count). The number of aromatic nitrogens is 4. The maximum atomic E-state index is 13.4. The number of halogens is 2. The van der Waals surface area contributed by atoms with Gasteiger partial charge in [0.1, 0.15) is 11.5 Å². The number of ether oxygens (including phenoxy) is 2. The Hall–Kier alpha value is -2.33. The van der Waals surface area contributed by atoms with E-state index in [1.807, 2.05) is 0 Å². The van der Waals surface area contributed by atoms with Gasteiger partial charge in [-0.15, -0.1) is 0 Å². The molecule has 2 unspecified atom stereocenters. The minimum absolute atomic E-state index is 0.220. The Balaban J connectivity index is 1.59. The fraction of sp³-hybridized carbons (Fsp3) is 0.611. The molecule has 150 valence electrons. The topological polar surface area (TPSA) is 79.4 Å². The van der Waals surface area contributed by atoms with Gasteiger partial charge < -0.3 is 19.3 Å². The molecule has 0 aromatic carbocycles. The molecule has 2 aromatic heterocycles. The van der Waals surface area contributed by atoms with Gasteiger partial charge in [-0.2, -0.15) is 10.1 Å². The molecule has 0 spiro atoms. The van der Waals surface area contributed by atoms with Crippen LogP contribution in [0.5, 0.6) is 0 Å². The maximum Gasteiger partial charge on any atom is 0.280 e. The van der Waals surface area contributed by atoms with Crippen LogP contribution in [0.4, 0.5) is 20.5 Å². The van der Waals surface area contributed by atoms with Gasteiger partial charge in [0, 0.05) is 24.7 Å². The molecule has 3 saturated heterocycles. The zero-order valence-electron chi connectivity index (χ0n) is 15.4. The van der Waals surface area contributed by atoms with E-state index in [2.05, 4.69) is 25.0 Å². The number of alkyl halides is 2. The molecule has 0 saturated carbocycles. The summed E-state index contributed by atoms with van der Waals surface area (Å²) in [6.45, 7) is 3.94. The van der Waals surface area contributed by atoms with Gasteiger partial charge in [0.2, 0.25) is 5.95 Å². The number of hydrogen-bond acceptors (Lipinski definition) is 7. The molecule has 2 aromatic rings. The van der Waals surface area contributed by atoms with Crippen LogP contribution in [0.3, 0.4) is 0 Å². The van der Waals surface area contributed by atoms with E-state index in [4.69, 9.17) is 14.5 Å². The Morgan fingerprint density at radius 3 is 2.54 bits per heavy atom. The molecule has 2 bridgehead atoms. The lowest BCUT2D eigenvalue weighted by atomic mass is 10.1. The van der Waals surface area contributed by atoms with Crippen molar-refractivity contribution in [1.82, 2.24) is 20.2 Å². The van der Waals surface area contributed by atoms with Crippen molar-refractivity contribution in [3.63, 3.8) is 0 Å². The number of morpholine rings is 2. The van der Waals surface area contributed by atoms with E-state index in [0.29, 0.717) is 56.7 Å². The van der Waals surface area contributed by atoms with Crippen molar-refractivity contribution in [3.8, 4) is 11.3 Å². The zero-order chi connectivity index (χ0) is 19.1. The molecular formula is C18H22F2N6O2. The van der Waals surface area contributed by atoms with Crippen LogP contribution in [-0.4, -0.2) is 71.8 Å². The van der Waals surface area contributed by atoms with E-state index in [9.17, 15) is 8.78 Å². The standard InChI is InChI=1S/C18H22F2N6O2/c19-17(20)16-13(8-21-24-16)14-7-15(25-3-5-27-6-4-25)23-18(22-14)26-11-1-2-12(26)10-28-9-11/h7-8,11-12,17H,1-6,9-10H2,(H,21,24). The van der Waals surface area contributed by atoms with Crippen LogP contribution < -0.4 is 9.80 Å². The first-order chi connectivity index (χ1) is 13.7. The highest BCUT2D eigenvalue weighted by atomic mass is 19.3. The number of fused-ring (bicyclic) bond motifs is 2. The molecule has 28 heavy (non-hydrogen) atoms. The summed E-state index contributed by atoms with van der Waals surface area (Å²) in [7, 11) is 0. The van der Waals surface area contributed by atoms with Crippen molar-refractivity contribution in [2.24, 2.45) is 0 Å². The summed E-state index contributed by atoms with van der Waals surface area (Å²) in [5, 5.41) is 6.22. The lowest BCUT2D eigenvalue weighted by Crippen LogP contribution is -2.47. The normalized spacial score (nSPS) is 25.0. The average Bonchev–Trinajstić information content (AvgIpc) is 3.31. The SMILES string of the molecule is FC(F)c1[nH]ncc1-c1cc(N2CCOCC2)nc(N2C3CCC2COC3)n1. The number of nitrogens with one attached hydrogen (secondary N) is 1. The summed E-state index contributed by atoms with van der Waals surface area (Å²) in [6, 6.07) is 2.23. The Morgan fingerprint density at radius 1 is 1.07 bits per heavy atom. The highest BCUT2D eigenvalue weighted by Gasteiger charge is 2.39. The van der Waals surface area contributed by atoms with Crippen molar-refractivity contribution < 1.29 is 18.3 Å². The van der Waals surface area contributed by atoms with Crippen molar-refractivity contribution >= 4 is 11.8 Å². The third kappa shape index (κ3) is 3.10. The third-order valence-corrected chi connectivity index (χ3v) is 5.67. The summed E-state index contributed by atoms with van der Waals surface area (Å²) in [5.41, 5.74) is 0.553. The molecule has 0 radical (unpaired) electrons. The van der Waals surface area contributed by atoms with Gasteiger partial charge in [-0.05, 0) is 12.8 Å². The van der Waals surface area contributed by atoms with E-state index < -0.39 is 6.43 Å². The second-order valence-electron chi connectivity index (χ2n) is 7.34. The van der Waals surface area contributed by atoms with Crippen LogP contribution in [0.2, 0.25) is 0 Å². The molecule has 2 atom stereocenters. The predicted octanol–water partition coefficient (Wildman–Crippen LogP) is 2.01. The van der Waals surface area contributed by atoms with Gasteiger partial charge in [0.25, 0.3) is 6.43 Å². The first-order valence-electron chi connectivity index (χ1n) is 9.60. The molecular weight excluding hydrogens is 370 g/mol. The van der Waals surface area contributed by atoms with Gasteiger partial charge in [0.05, 0.1) is 50.4 Å². The molecule has 0 aliphatic carbocycles. The number of rotatable bonds is 4. The van der Waals surface area contributed by atoms with Crippen LogP contribution in [-0.2, 0) is 9.47 Å². The van der Waals surface area contributed by atoms with Crippen LogP contribution in [0.1, 0.15) is 25.0 Å². The number of H-pyrrole nitrogens is 1. The minimum Gasteiger partial charge on any atom is -0.378 e. The van der Waals surface area contributed by atoms with Crippen LogP contribution in [0.25, 0.3) is 11.3 Å². The maximum absolute atomic E-state index is 13.4. The van der Waals surface area contributed by atoms with Gasteiger partial charge in [0.15, 0.2) is 0 Å². The third-order valence-electron chi connectivity index (χ3n) is 5.67. The highest BCUT2D eigenvalue weighted by molar-refractivity contribution is 5.67. The number of hydrogen-bond donors (Lipinski definition) is 1. The van der Waals surface area contributed by atoms with E-state index >= 15 is 0 Å². The van der Waals surface area contributed by atoms with Crippen molar-refractivity contribution in [2.75, 3.05) is 49.3 Å². The highest BCUT2D eigenvalue weighted by Crippen LogP contribution is 2.36. The van der Waals surface area contributed by atoms with E-state index in [1.165, 1.54) is 6.20 Å². The molecule has 8 nitrogen and oxygen atoms in total. The van der Waals surface area contributed by atoms with Crippen LogP contribution in [0.15, 0.2) is 12.3 Å². The quantitative estimate of drug-likeness (QED) is 0.853. The Morgan fingerprint density at radius 2 is 1.82 bits per heavy atom. The number of nitrogens with zero attached hydrogens (tertiary/aromatic N) is 5. The number of anilines is 2. The van der Waals surface area contributed by atoms with E-state index in [0.717, 1.165) is 18.7 Å². The smallest absolute Gasteiger partial charge is 0.280 e. The molecule has 5 heterocycles. The van der Waals surface area contributed by atoms with Crippen LogP contribution >= 0.6 is 0 Å². The summed E-state index contributed by atoms with van der Waals surface area (Å²) < 4.78 is 38.0. The lowest BCUT2D eigenvalue weighted by Gasteiger charge is -2.36. The molecule has 1 N–H and O–H groups in total. The minimum atomic E-state index is -2.65. The first-order valence-corrected chi connectivity index (χ1v) is 9.60. The fourth-order valence-corrected chi connectivity index (χ4v) is 4.25. The molecule has 3 aliphatic rings. The largest absolute Gasteiger partial charge is 0.378 e. The molecule has 3 fully saturated rings. The molecule has 0 amide bonds. The monoisotopic (exact) mass is 392 g/mol. The van der Waals surface area contributed by atoms with Crippen molar-refractivity contribution in [2.45, 2.75) is 31.4 Å². The Kier molecular flexibility index (Phi) is 4.59. The second kappa shape index (κ2) is 7.25. The molecule has 3 aliphatic heterocycles. The van der Waals surface area contributed by atoms with Crippen molar-refractivity contribution in [1.29, 1.82) is 0 Å². The van der Waals surface area contributed by atoms with Gasteiger partial charge in [-0.1, -0.05) is 0 Å². The molecule has 10 heteroatoms. The van der Waals surface area contributed by atoms with Crippen molar-refractivity contribution in [3.05, 3.63) is 18.0 Å². The second-order valence-corrected chi connectivity index (χ2v) is 7.34. The summed E-state index contributed by atoms with van der Waals surface area (Å²) in [6.07, 6.45) is 0.811. The number of aromatic amines is 1. The van der Waals surface area contributed by atoms with Crippen LogP contribution in [0, 0.1) is 0 Å². The van der Waals surface area contributed by atoms with Gasteiger partial charge in [-0.3, -0.25) is 5.10 Å². The average molecular weight is 392 g/mol. The Bertz CT molecular complexity index is 825. The summed E-state index contributed by atoms with van der Waals surface area (Å²) >= 11 is 0. The summed E-state index contributed by atoms with van der Waals surface area (Å²) in [4.78, 5) is 13.8. The van der Waals surface area contributed by atoms with E-state index in [1.54, 1.807) is 6.07 Å². The fourth-order valence-electron chi connectivity index (χ4n) is 4.25.